The van der Waals surface area contributed by atoms with Crippen LogP contribution in [0.15, 0.2) is 60.3 Å². The number of alkyl halides is 3. The quantitative estimate of drug-likeness (QED) is 0.725. The molecular formula is C22H18F3N3O2. The van der Waals surface area contributed by atoms with Crippen LogP contribution in [-0.2, 0) is 16.0 Å². The summed E-state index contributed by atoms with van der Waals surface area (Å²) in [5, 5.41) is 9.23. The number of rotatable bonds is 3. The van der Waals surface area contributed by atoms with Crippen LogP contribution in [0.4, 0.5) is 13.2 Å². The Kier molecular flexibility index (Phi) is 5.40. The molecule has 1 aliphatic rings. The molecule has 0 bridgehead atoms. The van der Waals surface area contributed by atoms with Gasteiger partial charge in [-0.3, -0.25) is 9.59 Å². The fraction of sp³-hybridized carbons (Fsp3) is 0.227. The maximum absolute atomic E-state index is 14.3. The van der Waals surface area contributed by atoms with Gasteiger partial charge in [-0.05, 0) is 23.3 Å². The van der Waals surface area contributed by atoms with Gasteiger partial charge >= 0.3 is 6.18 Å². The van der Waals surface area contributed by atoms with Crippen molar-refractivity contribution >= 4 is 17.9 Å². The molecule has 2 aromatic carbocycles. The molecule has 0 aliphatic carbocycles. The highest BCUT2D eigenvalue weighted by Gasteiger charge is 2.67. The third-order valence-corrected chi connectivity index (χ3v) is 5.26. The molecule has 0 radical (unpaired) electrons. The van der Waals surface area contributed by atoms with E-state index in [1.54, 1.807) is 36.4 Å². The molecule has 1 fully saturated rings. The fourth-order valence-electron chi connectivity index (χ4n) is 3.55. The van der Waals surface area contributed by atoms with Gasteiger partial charge in [0.1, 0.15) is 5.70 Å². The lowest BCUT2D eigenvalue weighted by Crippen LogP contribution is -2.72. The molecule has 30 heavy (non-hydrogen) atoms. The highest BCUT2D eigenvalue weighted by Crippen LogP contribution is 2.43. The Morgan fingerprint density at radius 1 is 1.03 bits per heavy atom. The third-order valence-electron chi connectivity index (χ3n) is 5.26. The molecule has 0 aromatic heterocycles. The summed E-state index contributed by atoms with van der Waals surface area (Å²) in [4.78, 5) is 27.3. The Morgan fingerprint density at radius 2 is 1.63 bits per heavy atom. The molecule has 0 N–H and O–H groups in total. The van der Waals surface area contributed by atoms with E-state index in [0.29, 0.717) is 10.5 Å². The van der Waals surface area contributed by atoms with Gasteiger partial charge in [-0.1, -0.05) is 48.5 Å². The molecule has 0 spiro atoms. The molecule has 1 heterocycles. The number of amides is 2. The van der Waals surface area contributed by atoms with Crippen molar-refractivity contribution in [1.82, 2.24) is 9.80 Å². The minimum atomic E-state index is -5.01. The summed E-state index contributed by atoms with van der Waals surface area (Å²) in [6, 6.07) is 16.0. The van der Waals surface area contributed by atoms with Gasteiger partial charge in [-0.15, -0.1) is 0 Å². The zero-order valence-corrected chi connectivity index (χ0v) is 16.3. The summed E-state index contributed by atoms with van der Waals surface area (Å²) in [6.07, 6.45) is -4.45. The van der Waals surface area contributed by atoms with Crippen molar-refractivity contribution in [3.63, 3.8) is 0 Å². The van der Waals surface area contributed by atoms with E-state index in [-0.39, 0.29) is 16.8 Å². The Balaban J connectivity index is 2.13. The van der Waals surface area contributed by atoms with Gasteiger partial charge in [-0.2, -0.15) is 18.4 Å². The molecule has 154 valence electrons. The highest BCUT2D eigenvalue weighted by molar-refractivity contribution is 6.09. The van der Waals surface area contributed by atoms with Crippen LogP contribution >= 0.6 is 0 Å². The lowest BCUT2D eigenvalue weighted by Gasteiger charge is -2.48. The molecule has 3 rings (SSSR count). The zero-order chi connectivity index (χ0) is 22.1. The van der Waals surface area contributed by atoms with Crippen LogP contribution in [0.3, 0.4) is 0 Å². The summed E-state index contributed by atoms with van der Waals surface area (Å²) >= 11 is 0. The van der Waals surface area contributed by atoms with E-state index in [4.69, 9.17) is 0 Å². The van der Waals surface area contributed by atoms with Crippen LogP contribution in [-0.4, -0.2) is 47.4 Å². The maximum Gasteiger partial charge on any atom is 0.421 e. The van der Waals surface area contributed by atoms with Gasteiger partial charge in [0.25, 0.3) is 11.8 Å². The lowest BCUT2D eigenvalue weighted by molar-refractivity contribution is -0.233. The minimum Gasteiger partial charge on any atom is -0.318 e. The molecule has 5 nitrogen and oxygen atoms in total. The van der Waals surface area contributed by atoms with E-state index in [1.807, 2.05) is 6.07 Å². The molecule has 1 atom stereocenters. The Bertz CT molecular complexity index is 1060. The van der Waals surface area contributed by atoms with Crippen molar-refractivity contribution in [2.24, 2.45) is 0 Å². The molecule has 1 unspecified atom stereocenters. The minimum absolute atomic E-state index is 0.234. The number of carbonyl (C=O) groups is 2. The first-order valence-electron chi connectivity index (χ1n) is 9.01. The molecule has 1 aliphatic heterocycles. The number of benzene rings is 2. The number of likely N-dealkylation sites (N-methyl/N-ethyl adjacent to an activating group) is 2. The molecule has 2 amide bonds. The van der Waals surface area contributed by atoms with Gasteiger partial charge < -0.3 is 9.80 Å². The van der Waals surface area contributed by atoms with E-state index >= 15 is 0 Å². The normalized spacial score (nSPS) is 21.1. The van der Waals surface area contributed by atoms with Crippen molar-refractivity contribution in [3.05, 3.63) is 77.0 Å². The van der Waals surface area contributed by atoms with Crippen molar-refractivity contribution in [1.29, 1.82) is 5.26 Å². The smallest absolute Gasteiger partial charge is 0.318 e. The monoisotopic (exact) mass is 413 g/mol. The van der Waals surface area contributed by atoms with E-state index in [9.17, 15) is 28.0 Å². The van der Waals surface area contributed by atoms with Gasteiger partial charge in [-0.25, -0.2) is 0 Å². The number of hydrogen-bond acceptors (Lipinski definition) is 3. The average Bonchev–Trinajstić information content (AvgIpc) is 2.73. The number of piperazine rings is 1. The summed E-state index contributed by atoms with van der Waals surface area (Å²) in [7, 11) is 2.12. The second kappa shape index (κ2) is 7.67. The van der Waals surface area contributed by atoms with Crippen LogP contribution < -0.4 is 0 Å². The Morgan fingerprint density at radius 3 is 2.23 bits per heavy atom. The summed E-state index contributed by atoms with van der Waals surface area (Å²) in [5.41, 5.74) is -2.43. The number of hydrogen-bond donors (Lipinski definition) is 0. The Labute approximate surface area is 171 Å². The second-order valence-corrected chi connectivity index (χ2v) is 6.98. The van der Waals surface area contributed by atoms with Crippen LogP contribution in [0.2, 0.25) is 0 Å². The Hall–Kier alpha value is -3.60. The van der Waals surface area contributed by atoms with Crippen molar-refractivity contribution in [3.8, 4) is 6.07 Å². The third kappa shape index (κ3) is 3.32. The van der Waals surface area contributed by atoms with Crippen LogP contribution in [0, 0.1) is 11.3 Å². The van der Waals surface area contributed by atoms with Gasteiger partial charge in [0.15, 0.2) is 0 Å². The average molecular weight is 413 g/mol. The number of nitriles is 1. The number of halogens is 3. The first-order chi connectivity index (χ1) is 14.1. The zero-order valence-electron chi connectivity index (χ0n) is 16.3. The summed E-state index contributed by atoms with van der Waals surface area (Å²) < 4.78 is 42.9. The van der Waals surface area contributed by atoms with Crippen molar-refractivity contribution in [2.45, 2.75) is 18.1 Å². The first kappa shape index (κ1) is 21.1. The number of carbonyl (C=O) groups excluding carboxylic acids is 2. The van der Waals surface area contributed by atoms with Crippen molar-refractivity contribution < 1.29 is 22.8 Å². The van der Waals surface area contributed by atoms with Gasteiger partial charge in [0.2, 0.25) is 5.54 Å². The largest absolute Gasteiger partial charge is 0.421 e. The number of nitrogens with zero attached hydrogens (tertiary/aromatic N) is 3. The standard InChI is InChI=1S/C22H18F3N3O2/c1-27-18(12-16-10-6-7-11-17(16)14-26)19(29)28(2)21(20(27)30,22(23,24)25)13-15-8-4-3-5-9-15/h3-12H,13H2,1-2H3/b18-12+. The molecule has 8 heteroatoms. The second-order valence-electron chi connectivity index (χ2n) is 6.98. The molecule has 1 saturated heterocycles. The van der Waals surface area contributed by atoms with Crippen LogP contribution in [0.1, 0.15) is 16.7 Å². The van der Waals surface area contributed by atoms with Gasteiger partial charge in [0.05, 0.1) is 11.6 Å². The van der Waals surface area contributed by atoms with E-state index < -0.39 is 30.0 Å². The van der Waals surface area contributed by atoms with E-state index in [2.05, 4.69) is 0 Å². The highest BCUT2D eigenvalue weighted by atomic mass is 19.4. The van der Waals surface area contributed by atoms with E-state index in [0.717, 1.165) is 19.0 Å². The topological polar surface area (TPSA) is 64.4 Å². The molecule has 0 saturated carbocycles. The van der Waals surface area contributed by atoms with Crippen LogP contribution in [0.25, 0.3) is 6.08 Å². The predicted molar refractivity (Wildman–Crippen MR) is 104 cm³/mol. The first-order valence-corrected chi connectivity index (χ1v) is 9.01. The predicted octanol–water partition coefficient (Wildman–Crippen LogP) is 3.37. The maximum atomic E-state index is 14.3. The summed E-state index contributed by atoms with van der Waals surface area (Å²) in [5.74, 6) is -2.22. The van der Waals surface area contributed by atoms with Crippen LogP contribution in [0.5, 0.6) is 0 Å². The fourth-order valence-corrected chi connectivity index (χ4v) is 3.55. The molecular weight excluding hydrogens is 395 g/mol. The van der Waals surface area contributed by atoms with Gasteiger partial charge in [0, 0.05) is 20.5 Å². The lowest BCUT2D eigenvalue weighted by atomic mass is 9.84. The van der Waals surface area contributed by atoms with E-state index in [1.165, 1.54) is 24.3 Å². The summed E-state index contributed by atoms with van der Waals surface area (Å²) in [6.45, 7) is 0. The molecule has 2 aromatic rings. The SMILES string of the molecule is CN1C(=O)C(Cc2ccccc2)(C(F)(F)F)N(C)C(=O)/C1=C\c1ccccc1C#N. The van der Waals surface area contributed by atoms with Crippen molar-refractivity contribution in [2.75, 3.05) is 14.1 Å².